The number of carbonyl (C=O) groups excluding carboxylic acids is 1. The molecule has 4 nitrogen and oxygen atoms in total. The Kier molecular flexibility index (Phi) is 2.64. The van der Waals surface area contributed by atoms with Crippen molar-refractivity contribution >= 4 is 11.8 Å². The normalized spacial score (nSPS) is 15.7. The maximum absolute atomic E-state index is 11.5. The Hall–Kier alpha value is -1.84. The van der Waals surface area contributed by atoms with Gasteiger partial charge in [-0.05, 0) is 19.4 Å². The van der Waals surface area contributed by atoms with Crippen LogP contribution in [-0.4, -0.2) is 23.0 Å². The Labute approximate surface area is 92.8 Å². The molecule has 1 aromatic carbocycles. The minimum Gasteiger partial charge on any atom is -0.479 e. The molecule has 1 unspecified atom stereocenters. The van der Waals surface area contributed by atoms with Crippen LogP contribution in [0, 0.1) is 0 Å². The van der Waals surface area contributed by atoms with E-state index in [1.807, 2.05) is 0 Å². The largest absolute Gasteiger partial charge is 0.479 e. The van der Waals surface area contributed by atoms with Crippen molar-refractivity contribution in [3.63, 3.8) is 0 Å². The summed E-state index contributed by atoms with van der Waals surface area (Å²) in [7, 11) is 0. The van der Waals surface area contributed by atoms with Crippen LogP contribution in [-0.2, 0) is 11.2 Å². The Balaban J connectivity index is 2.30. The van der Waals surface area contributed by atoms with Crippen LogP contribution in [0.5, 0.6) is 5.75 Å². The van der Waals surface area contributed by atoms with E-state index < -0.39 is 12.1 Å². The number of hydrogen-bond donors (Lipinski definition) is 1. The van der Waals surface area contributed by atoms with E-state index >= 15 is 0 Å². The lowest BCUT2D eigenvalue weighted by Gasteiger charge is -2.13. The minimum absolute atomic E-state index is 0.100. The van der Waals surface area contributed by atoms with Crippen molar-refractivity contribution in [3.8, 4) is 5.75 Å². The summed E-state index contributed by atoms with van der Waals surface area (Å²) in [5.74, 6) is -0.399. The van der Waals surface area contributed by atoms with Crippen molar-refractivity contribution in [2.24, 2.45) is 0 Å². The molecule has 0 saturated heterocycles. The maximum Gasteiger partial charge on any atom is 0.344 e. The first-order valence-electron chi connectivity index (χ1n) is 5.14. The van der Waals surface area contributed by atoms with Crippen molar-refractivity contribution < 1.29 is 19.4 Å². The predicted molar refractivity (Wildman–Crippen MR) is 56.8 cm³/mol. The van der Waals surface area contributed by atoms with Crippen LogP contribution in [0.2, 0.25) is 0 Å². The van der Waals surface area contributed by atoms with E-state index in [9.17, 15) is 9.59 Å². The first kappa shape index (κ1) is 10.7. The summed E-state index contributed by atoms with van der Waals surface area (Å²) in [6.45, 7) is 1.47. The first-order valence-corrected chi connectivity index (χ1v) is 5.14. The van der Waals surface area contributed by atoms with Crippen LogP contribution in [0.25, 0.3) is 0 Å². The second-order valence-corrected chi connectivity index (χ2v) is 3.80. The number of fused-ring (bicyclic) bond motifs is 1. The number of carboxylic acids is 1. The second-order valence-electron chi connectivity index (χ2n) is 3.80. The van der Waals surface area contributed by atoms with Crippen LogP contribution in [0.4, 0.5) is 0 Å². The summed E-state index contributed by atoms with van der Waals surface area (Å²) in [5.41, 5.74) is 1.50. The molecule has 0 aliphatic heterocycles. The van der Waals surface area contributed by atoms with Gasteiger partial charge in [0, 0.05) is 17.5 Å². The van der Waals surface area contributed by atoms with Crippen LogP contribution in [0.15, 0.2) is 18.2 Å². The molecule has 2 rings (SSSR count). The third-order valence-electron chi connectivity index (χ3n) is 2.69. The fourth-order valence-electron chi connectivity index (χ4n) is 1.81. The number of rotatable bonds is 3. The molecular formula is C12H12O4. The van der Waals surface area contributed by atoms with Crippen LogP contribution in [0.3, 0.4) is 0 Å². The van der Waals surface area contributed by atoms with Crippen LogP contribution >= 0.6 is 0 Å². The highest BCUT2D eigenvalue weighted by Crippen LogP contribution is 2.30. The van der Waals surface area contributed by atoms with E-state index in [0.717, 1.165) is 5.56 Å². The third kappa shape index (κ3) is 1.78. The van der Waals surface area contributed by atoms with Crippen molar-refractivity contribution in [3.05, 3.63) is 29.3 Å². The molecule has 4 heteroatoms. The SMILES string of the molecule is CC(Oc1cccc2c1CCC2=O)C(=O)O. The van der Waals surface area contributed by atoms with Gasteiger partial charge in [-0.2, -0.15) is 0 Å². The molecule has 84 valence electrons. The topological polar surface area (TPSA) is 63.6 Å². The van der Waals surface area contributed by atoms with Gasteiger partial charge in [-0.3, -0.25) is 4.79 Å². The molecule has 1 atom stereocenters. The molecule has 0 saturated carbocycles. The summed E-state index contributed by atoms with van der Waals surface area (Å²) >= 11 is 0. The first-order chi connectivity index (χ1) is 7.59. The van der Waals surface area contributed by atoms with E-state index in [-0.39, 0.29) is 5.78 Å². The smallest absolute Gasteiger partial charge is 0.344 e. The van der Waals surface area contributed by atoms with Gasteiger partial charge in [0.25, 0.3) is 0 Å². The quantitative estimate of drug-likeness (QED) is 0.841. The monoisotopic (exact) mass is 220 g/mol. The van der Waals surface area contributed by atoms with Crippen molar-refractivity contribution in [2.45, 2.75) is 25.9 Å². The van der Waals surface area contributed by atoms with Crippen molar-refractivity contribution in [1.82, 2.24) is 0 Å². The molecule has 1 aliphatic rings. The Morgan fingerprint density at radius 2 is 2.19 bits per heavy atom. The molecule has 0 amide bonds. The maximum atomic E-state index is 11.5. The number of carboxylic acid groups (broad SMARTS) is 1. The zero-order valence-electron chi connectivity index (χ0n) is 8.90. The number of carbonyl (C=O) groups is 2. The van der Waals surface area contributed by atoms with Gasteiger partial charge in [-0.1, -0.05) is 12.1 Å². The van der Waals surface area contributed by atoms with Crippen LogP contribution < -0.4 is 4.74 Å². The number of hydrogen-bond acceptors (Lipinski definition) is 3. The summed E-state index contributed by atoms with van der Waals surface area (Å²) < 4.78 is 5.32. The lowest BCUT2D eigenvalue weighted by Crippen LogP contribution is -2.23. The second kappa shape index (κ2) is 3.96. The van der Waals surface area contributed by atoms with E-state index in [1.54, 1.807) is 18.2 Å². The van der Waals surface area contributed by atoms with Gasteiger partial charge in [-0.15, -0.1) is 0 Å². The molecule has 0 aromatic heterocycles. The Morgan fingerprint density at radius 3 is 2.88 bits per heavy atom. The molecule has 0 heterocycles. The molecule has 1 aliphatic carbocycles. The average molecular weight is 220 g/mol. The van der Waals surface area contributed by atoms with E-state index in [0.29, 0.717) is 24.2 Å². The van der Waals surface area contributed by atoms with E-state index in [1.165, 1.54) is 6.92 Å². The number of ketones is 1. The number of benzene rings is 1. The van der Waals surface area contributed by atoms with Gasteiger partial charge in [0.15, 0.2) is 11.9 Å². The third-order valence-corrected chi connectivity index (χ3v) is 2.69. The zero-order chi connectivity index (χ0) is 11.7. The zero-order valence-corrected chi connectivity index (χ0v) is 8.90. The molecule has 0 bridgehead atoms. The Bertz CT molecular complexity index is 450. The van der Waals surface area contributed by atoms with E-state index in [4.69, 9.17) is 9.84 Å². The minimum atomic E-state index is -1.01. The van der Waals surface area contributed by atoms with Gasteiger partial charge < -0.3 is 9.84 Å². The summed E-state index contributed by atoms with van der Waals surface area (Å²) in [5, 5.41) is 8.75. The predicted octanol–water partition coefficient (Wildman–Crippen LogP) is 1.67. The highest BCUT2D eigenvalue weighted by molar-refractivity contribution is 6.01. The number of Topliss-reactive ketones (excluding diaryl/α,β-unsaturated/α-hetero) is 1. The molecule has 1 aromatic rings. The summed E-state index contributed by atoms with van der Waals surface area (Å²) in [6.07, 6.45) is 0.218. The molecular weight excluding hydrogens is 208 g/mol. The molecule has 0 spiro atoms. The fraction of sp³-hybridized carbons (Fsp3) is 0.333. The fourth-order valence-corrected chi connectivity index (χ4v) is 1.81. The molecule has 0 radical (unpaired) electrons. The van der Waals surface area contributed by atoms with Gasteiger partial charge in [0.05, 0.1) is 0 Å². The van der Waals surface area contributed by atoms with Gasteiger partial charge >= 0.3 is 5.97 Å². The molecule has 1 N–H and O–H groups in total. The number of ether oxygens (including phenoxy) is 1. The van der Waals surface area contributed by atoms with Gasteiger partial charge in [0.2, 0.25) is 0 Å². The highest BCUT2D eigenvalue weighted by atomic mass is 16.5. The summed E-state index contributed by atoms with van der Waals surface area (Å²) in [4.78, 5) is 22.1. The average Bonchev–Trinajstić information content (AvgIpc) is 2.62. The lowest BCUT2D eigenvalue weighted by molar-refractivity contribution is -0.144. The summed E-state index contributed by atoms with van der Waals surface area (Å²) in [6, 6.07) is 5.17. The van der Waals surface area contributed by atoms with Crippen LogP contribution in [0.1, 0.15) is 29.3 Å². The van der Waals surface area contributed by atoms with Crippen molar-refractivity contribution in [2.75, 3.05) is 0 Å². The van der Waals surface area contributed by atoms with Gasteiger partial charge in [0.1, 0.15) is 5.75 Å². The number of aliphatic carboxylic acids is 1. The molecule has 0 fully saturated rings. The molecule has 16 heavy (non-hydrogen) atoms. The van der Waals surface area contributed by atoms with Crippen molar-refractivity contribution in [1.29, 1.82) is 0 Å². The standard InChI is InChI=1S/C12H12O4/c1-7(12(14)15)16-11-4-2-3-8-9(11)5-6-10(8)13/h2-4,7H,5-6H2,1H3,(H,14,15). The Morgan fingerprint density at radius 1 is 1.44 bits per heavy atom. The lowest BCUT2D eigenvalue weighted by atomic mass is 10.1. The van der Waals surface area contributed by atoms with Gasteiger partial charge in [-0.25, -0.2) is 4.79 Å². The highest BCUT2D eigenvalue weighted by Gasteiger charge is 2.24. The van der Waals surface area contributed by atoms with E-state index in [2.05, 4.69) is 0 Å².